The van der Waals surface area contributed by atoms with Crippen LogP contribution in [0, 0.1) is 6.92 Å². The van der Waals surface area contributed by atoms with E-state index < -0.39 is 0 Å². The maximum absolute atomic E-state index is 6.50. The largest absolute Gasteiger partial charge is 0.378 e. The van der Waals surface area contributed by atoms with Crippen LogP contribution < -0.4 is 4.90 Å². The van der Waals surface area contributed by atoms with Crippen molar-refractivity contribution in [3.8, 4) is 0 Å². The number of pyridine rings is 1. The van der Waals surface area contributed by atoms with Crippen molar-refractivity contribution in [2.24, 2.45) is 7.05 Å². The average Bonchev–Trinajstić information content (AvgIpc) is 2.81. The number of hydrogen-bond donors (Lipinski definition) is 0. The maximum atomic E-state index is 6.50. The SMILES string of the molecule is Cc1nn(C)c2nccc(N3CC(C)(C)OC4(CCCOC4)C3)c12. The molecule has 2 fully saturated rings. The molecule has 2 aliphatic rings. The third-order valence-electron chi connectivity index (χ3n) is 5.05. The Morgan fingerprint density at radius 2 is 2.08 bits per heavy atom. The van der Waals surface area contributed by atoms with Gasteiger partial charge in [-0.05, 0) is 39.7 Å². The molecule has 6 nitrogen and oxygen atoms in total. The van der Waals surface area contributed by atoms with Crippen LogP contribution in [-0.4, -0.2) is 52.3 Å². The van der Waals surface area contributed by atoms with Crippen LogP contribution in [0.1, 0.15) is 32.4 Å². The fourth-order valence-electron chi connectivity index (χ4n) is 4.34. The van der Waals surface area contributed by atoms with Crippen LogP contribution >= 0.6 is 0 Å². The molecule has 1 spiro atoms. The molecule has 2 aliphatic heterocycles. The minimum absolute atomic E-state index is 0.217. The minimum atomic E-state index is -0.218. The molecule has 4 rings (SSSR count). The molecule has 2 aromatic rings. The third kappa shape index (κ3) is 2.58. The van der Waals surface area contributed by atoms with Crippen molar-refractivity contribution >= 4 is 16.7 Å². The van der Waals surface area contributed by atoms with E-state index in [1.807, 2.05) is 17.9 Å². The molecule has 1 atom stereocenters. The summed E-state index contributed by atoms with van der Waals surface area (Å²) in [5, 5.41) is 5.70. The monoisotopic (exact) mass is 330 g/mol. The quantitative estimate of drug-likeness (QED) is 0.804. The van der Waals surface area contributed by atoms with E-state index in [-0.39, 0.29) is 11.2 Å². The molecule has 0 bridgehead atoms. The van der Waals surface area contributed by atoms with Crippen molar-refractivity contribution in [1.82, 2.24) is 14.8 Å². The van der Waals surface area contributed by atoms with Crippen LogP contribution in [0.15, 0.2) is 12.3 Å². The first kappa shape index (κ1) is 15.8. The Labute approximate surface area is 142 Å². The van der Waals surface area contributed by atoms with Crippen LogP contribution in [0.3, 0.4) is 0 Å². The molecule has 0 aromatic carbocycles. The summed E-state index contributed by atoms with van der Waals surface area (Å²) in [6.07, 6.45) is 3.99. The molecule has 4 heterocycles. The predicted molar refractivity (Wildman–Crippen MR) is 93.4 cm³/mol. The number of ether oxygens (including phenoxy) is 2. The van der Waals surface area contributed by atoms with E-state index in [4.69, 9.17) is 9.47 Å². The third-order valence-corrected chi connectivity index (χ3v) is 5.05. The van der Waals surface area contributed by atoms with Gasteiger partial charge in [-0.3, -0.25) is 4.68 Å². The normalized spacial score (nSPS) is 27.1. The van der Waals surface area contributed by atoms with E-state index in [1.54, 1.807) is 0 Å². The molecule has 24 heavy (non-hydrogen) atoms. The lowest BCUT2D eigenvalue weighted by molar-refractivity contribution is -0.197. The summed E-state index contributed by atoms with van der Waals surface area (Å²) >= 11 is 0. The van der Waals surface area contributed by atoms with Crippen LogP contribution in [0.2, 0.25) is 0 Å². The summed E-state index contributed by atoms with van der Waals surface area (Å²) in [7, 11) is 1.95. The highest BCUT2D eigenvalue weighted by atomic mass is 16.6. The fourth-order valence-corrected chi connectivity index (χ4v) is 4.34. The van der Waals surface area contributed by atoms with Crippen LogP contribution in [0.5, 0.6) is 0 Å². The van der Waals surface area contributed by atoms with E-state index >= 15 is 0 Å². The lowest BCUT2D eigenvalue weighted by Gasteiger charge is -2.52. The van der Waals surface area contributed by atoms with E-state index in [9.17, 15) is 0 Å². The predicted octanol–water partition coefficient (Wildman–Crippen LogP) is 2.44. The van der Waals surface area contributed by atoms with Crippen LogP contribution in [-0.2, 0) is 16.5 Å². The van der Waals surface area contributed by atoms with Gasteiger partial charge in [0.05, 0.1) is 29.0 Å². The Bertz CT molecular complexity index is 762. The summed E-state index contributed by atoms with van der Waals surface area (Å²) in [4.78, 5) is 6.96. The van der Waals surface area contributed by atoms with Gasteiger partial charge in [0.15, 0.2) is 5.65 Å². The molecular weight excluding hydrogens is 304 g/mol. The zero-order valence-corrected chi connectivity index (χ0v) is 15.0. The van der Waals surface area contributed by atoms with Gasteiger partial charge in [0.1, 0.15) is 5.60 Å². The number of nitrogens with zero attached hydrogens (tertiary/aromatic N) is 4. The van der Waals surface area contributed by atoms with Crippen molar-refractivity contribution in [2.75, 3.05) is 31.2 Å². The zero-order valence-electron chi connectivity index (χ0n) is 15.0. The number of aryl methyl sites for hydroxylation is 2. The van der Waals surface area contributed by atoms with Gasteiger partial charge in [0, 0.05) is 32.9 Å². The number of fused-ring (bicyclic) bond motifs is 1. The van der Waals surface area contributed by atoms with E-state index in [2.05, 4.69) is 41.8 Å². The summed E-state index contributed by atoms with van der Waals surface area (Å²) in [5.74, 6) is 0. The van der Waals surface area contributed by atoms with Crippen molar-refractivity contribution < 1.29 is 9.47 Å². The molecule has 0 N–H and O–H groups in total. The van der Waals surface area contributed by atoms with Crippen molar-refractivity contribution in [2.45, 2.75) is 44.8 Å². The number of anilines is 1. The second-order valence-corrected chi connectivity index (χ2v) is 7.79. The Kier molecular flexibility index (Phi) is 3.58. The molecular formula is C18H26N4O2. The highest BCUT2D eigenvalue weighted by Crippen LogP contribution is 2.38. The topological polar surface area (TPSA) is 52.4 Å². The minimum Gasteiger partial charge on any atom is -0.378 e. The molecule has 0 amide bonds. The highest BCUT2D eigenvalue weighted by Gasteiger charge is 2.46. The van der Waals surface area contributed by atoms with Gasteiger partial charge < -0.3 is 14.4 Å². The van der Waals surface area contributed by atoms with Crippen molar-refractivity contribution in [3.05, 3.63) is 18.0 Å². The maximum Gasteiger partial charge on any atom is 0.159 e. The Morgan fingerprint density at radius 1 is 1.25 bits per heavy atom. The van der Waals surface area contributed by atoms with Crippen molar-refractivity contribution in [1.29, 1.82) is 0 Å². The Morgan fingerprint density at radius 3 is 2.83 bits per heavy atom. The number of hydrogen-bond acceptors (Lipinski definition) is 5. The smallest absolute Gasteiger partial charge is 0.159 e. The van der Waals surface area contributed by atoms with Crippen LogP contribution in [0.25, 0.3) is 11.0 Å². The van der Waals surface area contributed by atoms with Gasteiger partial charge in [-0.25, -0.2) is 4.98 Å². The van der Waals surface area contributed by atoms with Gasteiger partial charge in [-0.1, -0.05) is 0 Å². The first-order valence-electron chi connectivity index (χ1n) is 8.70. The summed E-state index contributed by atoms with van der Waals surface area (Å²) in [6, 6.07) is 2.11. The van der Waals surface area contributed by atoms with E-state index in [1.165, 1.54) is 5.69 Å². The Hall–Kier alpha value is -1.66. The number of aromatic nitrogens is 3. The van der Waals surface area contributed by atoms with Gasteiger partial charge in [-0.15, -0.1) is 0 Å². The highest BCUT2D eigenvalue weighted by molar-refractivity contribution is 5.92. The summed E-state index contributed by atoms with van der Waals surface area (Å²) in [5.41, 5.74) is 2.72. The molecule has 2 aromatic heterocycles. The van der Waals surface area contributed by atoms with Crippen LogP contribution in [0.4, 0.5) is 5.69 Å². The first-order chi connectivity index (χ1) is 11.4. The second-order valence-electron chi connectivity index (χ2n) is 7.79. The number of morpholine rings is 1. The molecule has 130 valence electrons. The van der Waals surface area contributed by atoms with E-state index in [0.29, 0.717) is 6.61 Å². The zero-order chi connectivity index (χ0) is 16.9. The van der Waals surface area contributed by atoms with Gasteiger partial charge in [-0.2, -0.15) is 5.10 Å². The summed E-state index contributed by atoms with van der Waals surface area (Å²) < 4.78 is 14.1. The average molecular weight is 330 g/mol. The second kappa shape index (κ2) is 5.43. The molecule has 6 heteroatoms. The molecule has 0 saturated carbocycles. The number of rotatable bonds is 1. The summed E-state index contributed by atoms with van der Waals surface area (Å²) in [6.45, 7) is 9.61. The molecule has 0 aliphatic carbocycles. The first-order valence-corrected chi connectivity index (χ1v) is 8.70. The molecule has 0 radical (unpaired) electrons. The van der Waals surface area contributed by atoms with E-state index in [0.717, 1.165) is 49.3 Å². The fraction of sp³-hybridized carbons (Fsp3) is 0.667. The molecule has 1 unspecified atom stereocenters. The van der Waals surface area contributed by atoms with Gasteiger partial charge in [0.25, 0.3) is 0 Å². The van der Waals surface area contributed by atoms with Gasteiger partial charge in [0.2, 0.25) is 0 Å². The lowest BCUT2D eigenvalue weighted by atomic mass is 9.90. The molecule has 2 saturated heterocycles. The standard InChI is InChI=1S/C18H26N4O2/c1-13-15-14(6-8-19-16(15)21(4)20-13)22-10-17(2,3)24-18(11-22)7-5-9-23-12-18/h6,8H,5,7,9-12H2,1-4H3. The van der Waals surface area contributed by atoms with Gasteiger partial charge >= 0.3 is 0 Å². The lowest BCUT2D eigenvalue weighted by Crippen LogP contribution is -2.62. The Balaban J connectivity index is 1.78. The van der Waals surface area contributed by atoms with Crippen molar-refractivity contribution in [3.63, 3.8) is 0 Å².